The molecule has 0 bridgehead atoms. The van der Waals surface area contributed by atoms with Crippen LogP contribution >= 0.6 is 0 Å². The van der Waals surface area contributed by atoms with E-state index in [0.29, 0.717) is 0 Å². The van der Waals surface area contributed by atoms with E-state index in [9.17, 15) is 4.79 Å². The number of aromatic nitrogens is 2. The molecule has 66 valence electrons. The van der Waals surface area contributed by atoms with Crippen LogP contribution in [0.15, 0.2) is 18.7 Å². The van der Waals surface area contributed by atoms with Gasteiger partial charge in [-0.25, -0.2) is 9.36 Å². The van der Waals surface area contributed by atoms with E-state index in [0.717, 1.165) is 0 Å². The fourth-order valence-electron chi connectivity index (χ4n) is 0.891. The summed E-state index contributed by atoms with van der Waals surface area (Å²) in [5, 5.41) is 0. The van der Waals surface area contributed by atoms with Crippen molar-refractivity contribution in [2.45, 2.75) is 13.0 Å². The van der Waals surface area contributed by atoms with Crippen LogP contribution in [0.1, 0.15) is 11.7 Å². The van der Waals surface area contributed by atoms with Gasteiger partial charge in [-0.1, -0.05) is 0 Å². The Balaban J connectivity index is 2.78. The summed E-state index contributed by atoms with van der Waals surface area (Å²) >= 11 is 0. The monoisotopic (exact) mass is 169 g/mol. The van der Waals surface area contributed by atoms with Gasteiger partial charge in [-0.15, -0.1) is 0 Å². The summed E-state index contributed by atoms with van der Waals surface area (Å²) in [5.74, 6) is -0.0573. The molecule has 0 aliphatic carbocycles. The third-order valence-electron chi connectivity index (χ3n) is 1.72. The molecule has 4 heteroatoms. The molecule has 0 aromatic carbocycles. The molecule has 4 nitrogen and oxygen atoms in total. The van der Waals surface area contributed by atoms with Crippen molar-refractivity contribution in [1.82, 2.24) is 4.57 Å². The molecule has 0 spiro atoms. The number of carbonyl (C=O) groups is 1. The lowest BCUT2D eigenvalue weighted by atomic mass is 10.4. The molecule has 0 aliphatic heterocycles. The summed E-state index contributed by atoms with van der Waals surface area (Å²) in [5.41, 5.74) is 0. The van der Waals surface area contributed by atoms with Gasteiger partial charge >= 0.3 is 5.91 Å². The Bertz CT molecular complexity index is 280. The third-order valence-corrected chi connectivity index (χ3v) is 1.72. The van der Waals surface area contributed by atoms with Gasteiger partial charge in [-0.2, -0.15) is 4.57 Å². The Labute approximate surface area is 71.4 Å². The minimum absolute atomic E-state index is 0.0573. The number of ether oxygens (including phenoxy) is 1. The molecule has 0 saturated carbocycles. The molecule has 0 N–H and O–H groups in total. The van der Waals surface area contributed by atoms with Gasteiger partial charge in [0.25, 0.3) is 6.33 Å². The molecule has 1 atom stereocenters. The quantitative estimate of drug-likeness (QED) is 0.583. The highest BCUT2D eigenvalue weighted by molar-refractivity contribution is 5.82. The van der Waals surface area contributed by atoms with Crippen LogP contribution in [0, 0.1) is 0 Å². The van der Waals surface area contributed by atoms with E-state index in [1.165, 1.54) is 11.7 Å². The van der Waals surface area contributed by atoms with Gasteiger partial charge in [0, 0.05) is 7.11 Å². The topological polar surface area (TPSA) is 35.1 Å². The Hall–Kier alpha value is -1.16. The van der Waals surface area contributed by atoms with Gasteiger partial charge in [0.05, 0.1) is 7.05 Å². The lowest BCUT2D eigenvalue weighted by Gasteiger charge is -2.02. The van der Waals surface area contributed by atoms with E-state index in [2.05, 4.69) is 0 Å². The van der Waals surface area contributed by atoms with Crippen molar-refractivity contribution in [2.24, 2.45) is 7.05 Å². The molecule has 12 heavy (non-hydrogen) atoms. The van der Waals surface area contributed by atoms with Crippen LogP contribution in [0.3, 0.4) is 0 Å². The smallest absolute Gasteiger partial charge is 0.342 e. The molecule has 0 saturated heterocycles. The number of aryl methyl sites for hydroxylation is 1. The third kappa shape index (κ3) is 1.71. The predicted octanol–water partition coefficient (Wildman–Crippen LogP) is -0.0123. The summed E-state index contributed by atoms with van der Waals surface area (Å²) in [4.78, 5) is 11.4. The zero-order valence-electron chi connectivity index (χ0n) is 7.52. The Kier molecular flexibility index (Phi) is 2.60. The summed E-state index contributed by atoms with van der Waals surface area (Å²) in [7, 11) is 3.38. The maximum absolute atomic E-state index is 11.4. The second kappa shape index (κ2) is 3.49. The molecular formula is C8H13N2O2+. The highest BCUT2D eigenvalue weighted by Gasteiger charge is 2.18. The SMILES string of the molecule is CO[C@@H](C)C(=O)n1cc[n+](C)c1. The molecule has 0 radical (unpaired) electrons. The Morgan fingerprint density at radius 1 is 1.67 bits per heavy atom. The van der Waals surface area contributed by atoms with Gasteiger partial charge in [0.1, 0.15) is 12.4 Å². The molecule has 0 aliphatic rings. The van der Waals surface area contributed by atoms with Gasteiger partial charge in [0.15, 0.2) is 6.10 Å². The predicted molar refractivity (Wildman–Crippen MR) is 42.7 cm³/mol. The number of nitrogens with zero attached hydrogens (tertiary/aromatic N) is 2. The van der Waals surface area contributed by atoms with E-state index in [-0.39, 0.29) is 5.91 Å². The van der Waals surface area contributed by atoms with Crippen molar-refractivity contribution < 1.29 is 14.1 Å². The van der Waals surface area contributed by atoms with Crippen LogP contribution in [-0.4, -0.2) is 23.7 Å². The van der Waals surface area contributed by atoms with E-state index < -0.39 is 6.10 Å². The normalized spacial score (nSPS) is 12.9. The summed E-state index contributed by atoms with van der Waals surface area (Å²) in [6.07, 6.45) is 4.83. The molecule has 1 rings (SSSR count). The minimum Gasteiger partial charge on any atom is -0.369 e. The maximum Gasteiger partial charge on any atom is 0.342 e. The molecule has 0 fully saturated rings. The van der Waals surface area contributed by atoms with Crippen LogP contribution in [0.2, 0.25) is 0 Å². The number of carbonyl (C=O) groups excluding carboxylic acids is 1. The first-order valence-corrected chi connectivity index (χ1v) is 3.75. The lowest BCUT2D eigenvalue weighted by molar-refractivity contribution is -0.670. The van der Waals surface area contributed by atoms with Crippen molar-refractivity contribution in [1.29, 1.82) is 0 Å². The van der Waals surface area contributed by atoms with Crippen LogP contribution in [-0.2, 0) is 11.8 Å². The number of imidazole rings is 1. The van der Waals surface area contributed by atoms with Gasteiger partial charge in [-0.3, -0.25) is 0 Å². The Morgan fingerprint density at radius 2 is 2.33 bits per heavy atom. The van der Waals surface area contributed by atoms with Crippen molar-refractivity contribution in [3.8, 4) is 0 Å². The molecular weight excluding hydrogens is 156 g/mol. The largest absolute Gasteiger partial charge is 0.369 e. The lowest BCUT2D eigenvalue weighted by Crippen LogP contribution is -2.28. The zero-order chi connectivity index (χ0) is 9.14. The van der Waals surface area contributed by atoms with E-state index >= 15 is 0 Å². The molecule has 1 aromatic rings. The van der Waals surface area contributed by atoms with Crippen LogP contribution in [0.25, 0.3) is 0 Å². The van der Waals surface area contributed by atoms with Crippen LogP contribution < -0.4 is 4.57 Å². The fourth-order valence-corrected chi connectivity index (χ4v) is 0.891. The zero-order valence-corrected chi connectivity index (χ0v) is 7.52. The van der Waals surface area contributed by atoms with Gasteiger partial charge < -0.3 is 4.74 Å². The van der Waals surface area contributed by atoms with E-state index in [1.54, 1.807) is 30.2 Å². The highest BCUT2D eigenvalue weighted by Crippen LogP contribution is 1.93. The standard InChI is InChI=1S/C8H13N2O2/c1-7(12-3)8(11)10-5-4-9(2)6-10/h4-7H,1-3H3/q+1/t7-/m0/s1. The second-order valence-corrected chi connectivity index (χ2v) is 2.70. The molecule has 1 heterocycles. The number of rotatable bonds is 2. The number of hydrogen-bond acceptors (Lipinski definition) is 2. The first-order valence-electron chi connectivity index (χ1n) is 3.75. The maximum atomic E-state index is 11.4. The first kappa shape index (κ1) is 8.93. The Morgan fingerprint density at radius 3 is 2.75 bits per heavy atom. The number of hydrogen-bond donors (Lipinski definition) is 0. The van der Waals surface area contributed by atoms with Gasteiger partial charge in [-0.05, 0) is 6.92 Å². The van der Waals surface area contributed by atoms with Crippen LogP contribution in [0.5, 0.6) is 0 Å². The van der Waals surface area contributed by atoms with E-state index in [4.69, 9.17) is 4.74 Å². The highest BCUT2D eigenvalue weighted by atomic mass is 16.5. The average molecular weight is 169 g/mol. The molecule has 0 amide bonds. The minimum atomic E-state index is -0.391. The van der Waals surface area contributed by atoms with Crippen molar-refractivity contribution >= 4 is 5.91 Å². The van der Waals surface area contributed by atoms with Gasteiger partial charge in [0.2, 0.25) is 0 Å². The molecule has 0 unspecified atom stereocenters. The second-order valence-electron chi connectivity index (χ2n) is 2.70. The summed E-state index contributed by atoms with van der Waals surface area (Å²) in [6.45, 7) is 1.72. The first-order chi connectivity index (χ1) is 5.65. The molecule has 1 aromatic heterocycles. The van der Waals surface area contributed by atoms with Crippen molar-refractivity contribution in [3.05, 3.63) is 18.7 Å². The summed E-state index contributed by atoms with van der Waals surface area (Å²) in [6, 6.07) is 0. The van der Waals surface area contributed by atoms with E-state index in [1.807, 2.05) is 7.05 Å². The van der Waals surface area contributed by atoms with Crippen LogP contribution in [0.4, 0.5) is 0 Å². The summed E-state index contributed by atoms with van der Waals surface area (Å²) < 4.78 is 8.21. The van der Waals surface area contributed by atoms with Crippen molar-refractivity contribution in [2.75, 3.05) is 7.11 Å². The van der Waals surface area contributed by atoms with Crippen molar-refractivity contribution in [3.63, 3.8) is 0 Å². The fraction of sp³-hybridized carbons (Fsp3) is 0.500. The average Bonchev–Trinajstić information content (AvgIpc) is 2.49. The number of methoxy groups -OCH3 is 1.